The Morgan fingerprint density at radius 3 is 2.42 bits per heavy atom. The molecule has 0 aliphatic rings. The van der Waals surface area contributed by atoms with Gasteiger partial charge in [0.05, 0.1) is 4.90 Å². The smallest absolute Gasteiger partial charge is 0.263 e. The predicted molar refractivity (Wildman–Crippen MR) is 93.7 cm³/mol. The van der Waals surface area contributed by atoms with Crippen LogP contribution in [0.5, 0.6) is 0 Å². The van der Waals surface area contributed by atoms with Gasteiger partial charge in [-0.1, -0.05) is 53.2 Å². The fourth-order valence-electron chi connectivity index (χ4n) is 2.18. The van der Waals surface area contributed by atoms with Crippen molar-refractivity contribution in [3.05, 3.63) is 64.7 Å². The van der Waals surface area contributed by atoms with Gasteiger partial charge in [0.1, 0.15) is 5.02 Å². The number of hydrogen-bond donors (Lipinski definition) is 1. The average molecular weight is 363 g/mol. The minimum atomic E-state index is -3.80. The number of nitrogens with zero attached hydrogens (tertiary/aromatic N) is 1. The fourth-order valence-corrected chi connectivity index (χ4v) is 3.55. The summed E-state index contributed by atoms with van der Waals surface area (Å²) in [5.74, 6) is 0.281. The summed E-state index contributed by atoms with van der Waals surface area (Å²) >= 11 is 6.23. The van der Waals surface area contributed by atoms with Crippen molar-refractivity contribution in [3.8, 4) is 11.3 Å². The Kier molecular flexibility index (Phi) is 4.34. The van der Waals surface area contributed by atoms with Crippen LogP contribution < -0.4 is 4.72 Å². The molecule has 1 N–H and O–H groups in total. The second-order valence-corrected chi connectivity index (χ2v) is 7.45. The van der Waals surface area contributed by atoms with Crippen molar-refractivity contribution in [2.75, 3.05) is 4.72 Å². The molecule has 3 aromatic rings. The van der Waals surface area contributed by atoms with Gasteiger partial charge in [-0.3, -0.25) is 4.72 Å². The monoisotopic (exact) mass is 362 g/mol. The zero-order valence-corrected chi connectivity index (χ0v) is 14.6. The lowest BCUT2D eigenvalue weighted by Crippen LogP contribution is -2.13. The summed E-state index contributed by atoms with van der Waals surface area (Å²) in [4.78, 5) is 0.144. The molecule has 2 aromatic carbocycles. The van der Waals surface area contributed by atoms with Crippen LogP contribution in [0.25, 0.3) is 11.3 Å². The van der Waals surface area contributed by atoms with E-state index in [1.54, 1.807) is 24.3 Å². The molecule has 1 aromatic heterocycles. The van der Waals surface area contributed by atoms with E-state index in [4.69, 9.17) is 16.1 Å². The van der Waals surface area contributed by atoms with Crippen molar-refractivity contribution < 1.29 is 12.9 Å². The number of anilines is 1. The molecule has 7 heteroatoms. The van der Waals surface area contributed by atoms with Crippen LogP contribution in [0.3, 0.4) is 0 Å². The molecule has 0 saturated carbocycles. The Labute approximate surface area is 145 Å². The topological polar surface area (TPSA) is 72.2 Å². The molecule has 0 amide bonds. The van der Waals surface area contributed by atoms with E-state index in [2.05, 4.69) is 9.88 Å². The Morgan fingerprint density at radius 1 is 1.04 bits per heavy atom. The van der Waals surface area contributed by atoms with Gasteiger partial charge in [-0.05, 0) is 37.1 Å². The lowest BCUT2D eigenvalue weighted by molar-refractivity contribution is 0.435. The van der Waals surface area contributed by atoms with E-state index in [0.29, 0.717) is 11.3 Å². The number of aryl methyl sites for hydroxylation is 2. The van der Waals surface area contributed by atoms with Gasteiger partial charge >= 0.3 is 0 Å². The SMILES string of the molecule is Cc1ccc(S(=O)(=O)Nc2noc(-c3ccccc3)c2Cl)cc1C. The lowest BCUT2D eigenvalue weighted by Gasteiger charge is -2.07. The van der Waals surface area contributed by atoms with E-state index in [9.17, 15) is 8.42 Å². The van der Waals surface area contributed by atoms with E-state index in [0.717, 1.165) is 11.1 Å². The summed E-state index contributed by atoms with van der Waals surface area (Å²) in [7, 11) is -3.80. The molecule has 0 spiro atoms. The number of aromatic nitrogens is 1. The van der Waals surface area contributed by atoms with Gasteiger partial charge in [0.2, 0.25) is 5.82 Å². The summed E-state index contributed by atoms with van der Waals surface area (Å²) in [6.45, 7) is 3.77. The van der Waals surface area contributed by atoms with Crippen LogP contribution in [0.4, 0.5) is 5.82 Å². The van der Waals surface area contributed by atoms with E-state index in [1.807, 2.05) is 32.0 Å². The molecule has 0 aliphatic carbocycles. The van der Waals surface area contributed by atoms with E-state index >= 15 is 0 Å². The van der Waals surface area contributed by atoms with Crippen LogP contribution in [-0.4, -0.2) is 13.6 Å². The maximum Gasteiger partial charge on any atom is 0.263 e. The molecule has 124 valence electrons. The summed E-state index contributed by atoms with van der Waals surface area (Å²) in [5, 5.41) is 3.86. The van der Waals surface area contributed by atoms with Crippen LogP contribution in [0.15, 0.2) is 57.9 Å². The number of benzene rings is 2. The van der Waals surface area contributed by atoms with Crippen molar-refractivity contribution in [1.82, 2.24) is 5.16 Å². The maximum atomic E-state index is 12.5. The van der Waals surface area contributed by atoms with Crippen molar-refractivity contribution in [2.45, 2.75) is 18.7 Å². The number of sulfonamides is 1. The molecule has 24 heavy (non-hydrogen) atoms. The molecule has 0 bridgehead atoms. The molecule has 0 radical (unpaired) electrons. The molecule has 5 nitrogen and oxygen atoms in total. The molecule has 0 saturated heterocycles. The third-order valence-electron chi connectivity index (χ3n) is 3.69. The highest BCUT2D eigenvalue weighted by molar-refractivity contribution is 7.92. The molecule has 0 atom stereocenters. The first-order valence-electron chi connectivity index (χ1n) is 7.19. The van der Waals surface area contributed by atoms with E-state index in [-0.39, 0.29) is 15.7 Å². The van der Waals surface area contributed by atoms with E-state index < -0.39 is 10.0 Å². The van der Waals surface area contributed by atoms with Crippen LogP contribution in [-0.2, 0) is 10.0 Å². The predicted octanol–water partition coefficient (Wildman–Crippen LogP) is 4.41. The van der Waals surface area contributed by atoms with Gasteiger partial charge in [-0.25, -0.2) is 8.42 Å². The van der Waals surface area contributed by atoms with Gasteiger partial charge in [-0.15, -0.1) is 0 Å². The second-order valence-electron chi connectivity index (χ2n) is 5.39. The first kappa shape index (κ1) is 16.5. The van der Waals surface area contributed by atoms with Gasteiger partial charge in [0.15, 0.2) is 5.76 Å². The molecular formula is C17H15ClN2O3S. The quantitative estimate of drug-likeness (QED) is 0.746. The van der Waals surface area contributed by atoms with Crippen LogP contribution >= 0.6 is 11.6 Å². The Bertz CT molecular complexity index is 982. The van der Waals surface area contributed by atoms with Crippen LogP contribution in [0.2, 0.25) is 5.02 Å². The molecule has 0 unspecified atom stereocenters. The number of halogens is 1. The minimum Gasteiger partial charge on any atom is -0.352 e. The lowest BCUT2D eigenvalue weighted by atomic mass is 10.1. The maximum absolute atomic E-state index is 12.5. The zero-order valence-electron chi connectivity index (χ0n) is 13.1. The van der Waals surface area contributed by atoms with Gasteiger partial charge < -0.3 is 4.52 Å². The van der Waals surface area contributed by atoms with E-state index in [1.165, 1.54) is 6.07 Å². The highest BCUT2D eigenvalue weighted by Crippen LogP contribution is 2.34. The Balaban J connectivity index is 1.94. The molecule has 1 heterocycles. The van der Waals surface area contributed by atoms with Crippen molar-refractivity contribution in [3.63, 3.8) is 0 Å². The Morgan fingerprint density at radius 2 is 1.75 bits per heavy atom. The summed E-state index contributed by atoms with van der Waals surface area (Å²) in [6.07, 6.45) is 0. The molecule has 0 fully saturated rings. The molecule has 0 aliphatic heterocycles. The number of rotatable bonds is 4. The molecule has 3 rings (SSSR count). The molecular weight excluding hydrogens is 348 g/mol. The van der Waals surface area contributed by atoms with Gasteiger partial charge in [-0.2, -0.15) is 0 Å². The fraction of sp³-hybridized carbons (Fsp3) is 0.118. The first-order chi connectivity index (χ1) is 11.4. The average Bonchev–Trinajstić information content (AvgIpc) is 2.91. The third kappa shape index (κ3) is 3.16. The largest absolute Gasteiger partial charge is 0.352 e. The first-order valence-corrected chi connectivity index (χ1v) is 9.05. The van der Waals surface area contributed by atoms with Gasteiger partial charge in [0.25, 0.3) is 10.0 Å². The zero-order chi connectivity index (χ0) is 17.3. The van der Waals surface area contributed by atoms with Gasteiger partial charge in [0, 0.05) is 5.56 Å². The van der Waals surface area contributed by atoms with Crippen LogP contribution in [0, 0.1) is 13.8 Å². The summed E-state index contributed by atoms with van der Waals surface area (Å²) < 4.78 is 32.6. The highest BCUT2D eigenvalue weighted by atomic mass is 35.5. The number of nitrogens with one attached hydrogen (secondary N) is 1. The number of hydrogen-bond acceptors (Lipinski definition) is 4. The second kappa shape index (κ2) is 6.30. The normalized spacial score (nSPS) is 11.5. The highest BCUT2D eigenvalue weighted by Gasteiger charge is 2.22. The minimum absolute atomic E-state index is 0.0336. The van der Waals surface area contributed by atoms with Crippen molar-refractivity contribution in [1.29, 1.82) is 0 Å². The summed E-state index contributed by atoms with van der Waals surface area (Å²) in [5.41, 5.74) is 2.61. The summed E-state index contributed by atoms with van der Waals surface area (Å²) in [6, 6.07) is 14.0. The van der Waals surface area contributed by atoms with Crippen molar-refractivity contribution >= 4 is 27.4 Å². The Hall–Kier alpha value is -2.31. The van der Waals surface area contributed by atoms with Crippen molar-refractivity contribution in [2.24, 2.45) is 0 Å². The standard InChI is InChI=1S/C17H15ClN2O3S/c1-11-8-9-14(10-12(11)2)24(21,22)20-17-15(18)16(23-19-17)13-6-4-3-5-7-13/h3-10H,1-2H3,(H,19,20). The third-order valence-corrected chi connectivity index (χ3v) is 5.38. The van der Waals surface area contributed by atoms with Crippen LogP contribution in [0.1, 0.15) is 11.1 Å².